The second-order valence-electron chi connectivity index (χ2n) is 5.66. The van der Waals surface area contributed by atoms with Crippen molar-refractivity contribution in [3.05, 3.63) is 23.2 Å². The summed E-state index contributed by atoms with van der Waals surface area (Å²) in [4.78, 5) is -0.231. The first-order valence-electron chi connectivity index (χ1n) is 6.77. The van der Waals surface area contributed by atoms with Crippen molar-refractivity contribution in [2.75, 3.05) is 19.3 Å². The highest BCUT2D eigenvalue weighted by Crippen LogP contribution is 2.28. The molecule has 0 aliphatic carbocycles. The van der Waals surface area contributed by atoms with E-state index in [-0.39, 0.29) is 26.9 Å². The minimum atomic E-state index is -3.84. The minimum Gasteiger partial charge on any atom is -0.309 e. The average Bonchev–Trinajstić information content (AvgIpc) is 2.36. The van der Waals surface area contributed by atoms with Crippen LogP contribution in [0.1, 0.15) is 13.8 Å². The first-order chi connectivity index (χ1) is 10.0. The Hall–Kier alpha value is -0.670. The van der Waals surface area contributed by atoms with Crippen LogP contribution in [-0.2, 0) is 19.9 Å². The molecule has 1 aliphatic rings. The molecule has 2 atom stereocenters. The molecule has 1 heterocycles. The molecule has 0 bridgehead atoms. The third kappa shape index (κ3) is 3.62. The molecule has 0 aromatic heterocycles. The number of halogens is 1. The fourth-order valence-corrected chi connectivity index (χ4v) is 5.36. The molecule has 0 spiro atoms. The van der Waals surface area contributed by atoms with Gasteiger partial charge in [0, 0.05) is 31.4 Å². The highest BCUT2D eigenvalue weighted by molar-refractivity contribution is 7.91. The van der Waals surface area contributed by atoms with Crippen LogP contribution in [0.2, 0.25) is 5.02 Å². The number of hydrogen-bond donors (Lipinski definition) is 1. The highest BCUT2D eigenvalue weighted by Gasteiger charge is 2.33. The van der Waals surface area contributed by atoms with Gasteiger partial charge in [0.05, 0.1) is 9.92 Å². The van der Waals surface area contributed by atoms with Crippen molar-refractivity contribution in [2.45, 2.75) is 35.7 Å². The summed E-state index contributed by atoms with van der Waals surface area (Å²) >= 11 is 6.01. The van der Waals surface area contributed by atoms with Gasteiger partial charge in [-0.3, -0.25) is 0 Å². The number of benzene rings is 1. The van der Waals surface area contributed by atoms with Crippen LogP contribution in [0.3, 0.4) is 0 Å². The van der Waals surface area contributed by atoms with Gasteiger partial charge in [-0.25, -0.2) is 16.8 Å². The van der Waals surface area contributed by atoms with Crippen molar-refractivity contribution in [1.29, 1.82) is 0 Å². The zero-order valence-electron chi connectivity index (χ0n) is 12.6. The molecular weight excluding hydrogens is 348 g/mol. The van der Waals surface area contributed by atoms with Gasteiger partial charge in [-0.1, -0.05) is 11.6 Å². The quantitative estimate of drug-likeness (QED) is 0.866. The van der Waals surface area contributed by atoms with E-state index >= 15 is 0 Å². The lowest BCUT2D eigenvalue weighted by molar-refractivity contribution is 0.263. The number of sulfonamides is 1. The number of nitrogens with one attached hydrogen (secondary N) is 1. The van der Waals surface area contributed by atoms with Crippen molar-refractivity contribution in [3.8, 4) is 0 Å². The number of rotatable bonds is 3. The molecule has 1 N–H and O–H groups in total. The molecule has 0 amide bonds. The first-order valence-corrected chi connectivity index (χ1v) is 10.5. The molecule has 1 saturated heterocycles. The Bertz CT molecular complexity index is 767. The van der Waals surface area contributed by atoms with Crippen LogP contribution in [0.4, 0.5) is 0 Å². The van der Waals surface area contributed by atoms with Crippen LogP contribution in [0.15, 0.2) is 28.0 Å². The van der Waals surface area contributed by atoms with E-state index in [1.54, 1.807) is 0 Å². The summed E-state index contributed by atoms with van der Waals surface area (Å²) in [6, 6.07) is 3.76. The predicted molar refractivity (Wildman–Crippen MR) is 85.4 cm³/mol. The van der Waals surface area contributed by atoms with Crippen LogP contribution in [0.25, 0.3) is 0 Å². The standard InChI is InChI=1S/C13H19ClN2O4S2/c1-9-7-16(8-10(2)15-9)22(19,20)13-6-11(21(3,17)18)4-5-12(13)14/h4-6,9-10,15H,7-8H2,1-3H3/t9-,10-/m0/s1. The Morgan fingerprint density at radius 2 is 1.68 bits per heavy atom. The van der Waals surface area contributed by atoms with Gasteiger partial charge in [-0.15, -0.1) is 0 Å². The molecule has 0 saturated carbocycles. The molecule has 1 aromatic rings. The van der Waals surface area contributed by atoms with Gasteiger partial charge in [-0.05, 0) is 32.0 Å². The van der Waals surface area contributed by atoms with E-state index in [9.17, 15) is 16.8 Å². The van der Waals surface area contributed by atoms with Gasteiger partial charge in [0.2, 0.25) is 10.0 Å². The topological polar surface area (TPSA) is 83.6 Å². The van der Waals surface area contributed by atoms with E-state index in [2.05, 4.69) is 5.32 Å². The van der Waals surface area contributed by atoms with Crippen molar-refractivity contribution in [1.82, 2.24) is 9.62 Å². The molecule has 1 aromatic carbocycles. The molecule has 124 valence electrons. The van der Waals surface area contributed by atoms with Gasteiger partial charge >= 0.3 is 0 Å². The van der Waals surface area contributed by atoms with E-state index < -0.39 is 19.9 Å². The summed E-state index contributed by atoms with van der Waals surface area (Å²) in [6.45, 7) is 4.41. The molecule has 0 radical (unpaired) electrons. The number of sulfone groups is 1. The van der Waals surface area contributed by atoms with Crippen LogP contribution in [0, 0.1) is 0 Å². The Morgan fingerprint density at radius 1 is 1.14 bits per heavy atom. The van der Waals surface area contributed by atoms with Gasteiger partial charge in [-0.2, -0.15) is 4.31 Å². The summed E-state index contributed by atoms with van der Waals surface area (Å²) in [5.74, 6) is 0. The molecule has 9 heteroatoms. The molecule has 1 fully saturated rings. The molecule has 6 nitrogen and oxygen atoms in total. The van der Waals surface area contributed by atoms with Gasteiger partial charge in [0.1, 0.15) is 4.90 Å². The van der Waals surface area contributed by atoms with E-state index in [1.165, 1.54) is 16.4 Å². The summed E-state index contributed by atoms with van der Waals surface area (Å²) in [5.41, 5.74) is 0. The Kier molecular flexibility index (Phi) is 4.89. The Balaban J connectivity index is 2.49. The summed E-state index contributed by atoms with van der Waals surface area (Å²) in [7, 11) is -7.35. The molecule has 1 aliphatic heterocycles. The fraction of sp³-hybridized carbons (Fsp3) is 0.538. The van der Waals surface area contributed by atoms with Crippen LogP contribution >= 0.6 is 11.6 Å². The molecule has 22 heavy (non-hydrogen) atoms. The lowest BCUT2D eigenvalue weighted by Gasteiger charge is -2.35. The zero-order chi connectivity index (χ0) is 16.7. The van der Waals surface area contributed by atoms with Crippen molar-refractivity contribution in [3.63, 3.8) is 0 Å². The predicted octanol–water partition coefficient (Wildman–Crippen LogP) is 1.11. The van der Waals surface area contributed by atoms with E-state index in [1.807, 2.05) is 13.8 Å². The van der Waals surface area contributed by atoms with Crippen molar-refractivity contribution in [2.24, 2.45) is 0 Å². The highest BCUT2D eigenvalue weighted by atomic mass is 35.5. The average molecular weight is 367 g/mol. The second kappa shape index (κ2) is 6.09. The van der Waals surface area contributed by atoms with Gasteiger partial charge in [0.15, 0.2) is 9.84 Å². The molecular formula is C13H19ClN2O4S2. The fourth-order valence-electron chi connectivity index (χ4n) is 2.52. The number of piperazine rings is 1. The summed E-state index contributed by atoms with van der Waals surface area (Å²) in [5, 5.41) is 3.27. The SMILES string of the molecule is C[C@H]1CN(S(=O)(=O)c2cc(S(C)(=O)=O)ccc2Cl)C[C@H](C)N1. The van der Waals surface area contributed by atoms with Gasteiger partial charge < -0.3 is 5.32 Å². The lowest BCUT2D eigenvalue weighted by atomic mass is 10.2. The molecule has 2 rings (SSSR count). The maximum Gasteiger partial charge on any atom is 0.244 e. The normalized spacial score (nSPS) is 24.4. The maximum absolute atomic E-state index is 12.8. The van der Waals surface area contributed by atoms with Crippen molar-refractivity contribution >= 4 is 31.5 Å². The lowest BCUT2D eigenvalue weighted by Crippen LogP contribution is -2.55. The second-order valence-corrected chi connectivity index (χ2v) is 9.98. The summed E-state index contributed by atoms with van der Waals surface area (Å²) in [6.07, 6.45) is 1.03. The zero-order valence-corrected chi connectivity index (χ0v) is 15.0. The maximum atomic E-state index is 12.8. The monoisotopic (exact) mass is 366 g/mol. The van der Waals surface area contributed by atoms with Crippen LogP contribution in [-0.4, -0.2) is 52.6 Å². The summed E-state index contributed by atoms with van der Waals surface area (Å²) < 4.78 is 50.2. The van der Waals surface area contributed by atoms with E-state index in [4.69, 9.17) is 11.6 Å². The van der Waals surface area contributed by atoms with Gasteiger partial charge in [0.25, 0.3) is 0 Å². The number of nitrogens with zero attached hydrogens (tertiary/aromatic N) is 1. The van der Waals surface area contributed by atoms with Crippen LogP contribution in [0.5, 0.6) is 0 Å². The third-order valence-electron chi connectivity index (χ3n) is 3.47. The van der Waals surface area contributed by atoms with Crippen LogP contribution < -0.4 is 5.32 Å². The van der Waals surface area contributed by atoms with Crippen molar-refractivity contribution < 1.29 is 16.8 Å². The Morgan fingerprint density at radius 3 is 2.18 bits per heavy atom. The first kappa shape index (κ1) is 17.7. The number of hydrogen-bond acceptors (Lipinski definition) is 5. The molecule has 0 unspecified atom stereocenters. The van der Waals surface area contributed by atoms with E-state index in [0.29, 0.717) is 13.1 Å². The Labute approximate surface area is 136 Å². The smallest absolute Gasteiger partial charge is 0.244 e. The minimum absolute atomic E-state index is 0.00962. The van der Waals surface area contributed by atoms with E-state index in [0.717, 1.165) is 12.3 Å². The third-order valence-corrected chi connectivity index (χ3v) is 6.90. The largest absolute Gasteiger partial charge is 0.309 e.